The average Bonchev–Trinajstić information content (AvgIpc) is 3.45. The number of hydrogen-bond donors (Lipinski definition) is 1. The molecule has 4 heterocycles. The highest BCUT2D eigenvalue weighted by Gasteiger charge is 2.42. The third kappa shape index (κ3) is 3.68. The fourth-order valence-electron chi connectivity index (χ4n) is 3.62. The van der Waals surface area contributed by atoms with E-state index in [9.17, 15) is 4.79 Å². The van der Waals surface area contributed by atoms with Gasteiger partial charge in [0.2, 0.25) is 5.91 Å². The van der Waals surface area contributed by atoms with Crippen LogP contribution in [0.3, 0.4) is 0 Å². The number of carbonyl (C=O) groups excluding carboxylic acids is 1. The number of hydrogen-bond acceptors (Lipinski definition) is 6. The number of likely N-dealkylation sites (tertiary alicyclic amines) is 1. The van der Waals surface area contributed by atoms with Gasteiger partial charge in [-0.05, 0) is 31.9 Å². The summed E-state index contributed by atoms with van der Waals surface area (Å²) in [5.74, 6) is 0.771. The first-order chi connectivity index (χ1) is 13.2. The van der Waals surface area contributed by atoms with Gasteiger partial charge in [-0.1, -0.05) is 0 Å². The summed E-state index contributed by atoms with van der Waals surface area (Å²) in [5, 5.41) is 3.05. The zero-order valence-corrected chi connectivity index (χ0v) is 16.1. The normalized spacial score (nSPS) is 17.1. The van der Waals surface area contributed by atoms with E-state index < -0.39 is 5.54 Å². The van der Waals surface area contributed by atoms with Crippen LogP contribution in [0, 0.1) is 6.92 Å². The molecule has 7 nitrogen and oxygen atoms in total. The summed E-state index contributed by atoms with van der Waals surface area (Å²) < 4.78 is 7.29. The van der Waals surface area contributed by atoms with Gasteiger partial charge in [-0.2, -0.15) is 0 Å². The van der Waals surface area contributed by atoms with Crippen molar-refractivity contribution in [3.63, 3.8) is 0 Å². The van der Waals surface area contributed by atoms with Crippen molar-refractivity contribution >= 4 is 17.2 Å². The van der Waals surface area contributed by atoms with Crippen LogP contribution in [0.2, 0.25) is 0 Å². The van der Waals surface area contributed by atoms with Gasteiger partial charge < -0.3 is 14.3 Å². The van der Waals surface area contributed by atoms with Gasteiger partial charge in [-0.3, -0.25) is 9.69 Å². The van der Waals surface area contributed by atoms with E-state index in [1.54, 1.807) is 30.1 Å². The van der Waals surface area contributed by atoms with Crippen molar-refractivity contribution in [2.45, 2.75) is 38.4 Å². The minimum absolute atomic E-state index is 0.0190. The highest BCUT2D eigenvalue weighted by Crippen LogP contribution is 2.32. The van der Waals surface area contributed by atoms with Crippen LogP contribution in [0.5, 0.6) is 0 Å². The number of nitrogens with one attached hydrogen (secondary N) is 1. The number of piperidine rings is 1. The molecule has 1 amide bonds. The largest absolute Gasteiger partial charge is 0.467 e. The fraction of sp³-hybridized carbons (Fsp3) is 0.421. The Morgan fingerprint density at radius 1 is 1.41 bits per heavy atom. The number of imidazole rings is 1. The Bertz CT molecular complexity index is 864. The van der Waals surface area contributed by atoms with Gasteiger partial charge >= 0.3 is 0 Å². The van der Waals surface area contributed by atoms with Crippen LogP contribution in [0.15, 0.2) is 47.0 Å². The van der Waals surface area contributed by atoms with Crippen LogP contribution in [-0.4, -0.2) is 38.4 Å². The maximum absolute atomic E-state index is 13.2. The molecule has 1 saturated heterocycles. The molecule has 0 spiro atoms. The second-order valence-electron chi connectivity index (χ2n) is 6.90. The maximum Gasteiger partial charge on any atom is 0.246 e. The van der Waals surface area contributed by atoms with Crippen molar-refractivity contribution in [3.8, 4) is 0 Å². The van der Waals surface area contributed by atoms with Gasteiger partial charge in [-0.15, -0.1) is 11.3 Å². The highest BCUT2D eigenvalue weighted by molar-refractivity contribution is 7.09. The minimum atomic E-state index is -0.609. The molecule has 0 aliphatic carbocycles. The molecule has 8 heteroatoms. The first-order valence-corrected chi connectivity index (χ1v) is 9.96. The summed E-state index contributed by atoms with van der Waals surface area (Å²) in [4.78, 5) is 25.4. The van der Waals surface area contributed by atoms with Crippen LogP contribution in [0.25, 0.3) is 0 Å². The molecule has 0 unspecified atom stereocenters. The molecule has 0 atom stereocenters. The van der Waals surface area contributed by atoms with Crippen molar-refractivity contribution in [2.24, 2.45) is 0 Å². The van der Waals surface area contributed by atoms with Crippen molar-refractivity contribution in [1.82, 2.24) is 24.8 Å². The summed E-state index contributed by atoms with van der Waals surface area (Å²) in [5.41, 5.74) is 2.39. The number of aromatic nitrogens is 3. The Balaban J connectivity index is 1.46. The second kappa shape index (κ2) is 7.66. The van der Waals surface area contributed by atoms with Gasteiger partial charge in [0.25, 0.3) is 0 Å². The Labute approximate surface area is 162 Å². The summed E-state index contributed by atoms with van der Waals surface area (Å²) in [6, 6.07) is 3.69. The predicted molar refractivity (Wildman–Crippen MR) is 102 cm³/mol. The number of thiazole rings is 1. The lowest BCUT2D eigenvalue weighted by atomic mass is 9.86. The second-order valence-corrected chi connectivity index (χ2v) is 7.84. The van der Waals surface area contributed by atoms with E-state index in [0.717, 1.165) is 43.9 Å². The molecular weight excluding hydrogens is 362 g/mol. The van der Waals surface area contributed by atoms with Crippen LogP contribution < -0.4 is 5.32 Å². The maximum atomic E-state index is 13.2. The summed E-state index contributed by atoms with van der Waals surface area (Å²) >= 11 is 1.70. The van der Waals surface area contributed by atoms with E-state index in [1.165, 1.54) is 4.88 Å². The fourth-order valence-corrected chi connectivity index (χ4v) is 4.44. The Morgan fingerprint density at radius 3 is 2.89 bits per heavy atom. The lowest BCUT2D eigenvalue weighted by molar-refractivity contribution is -0.133. The third-order valence-electron chi connectivity index (χ3n) is 5.32. The first-order valence-electron chi connectivity index (χ1n) is 9.08. The molecule has 4 rings (SSSR count). The van der Waals surface area contributed by atoms with Crippen LogP contribution >= 0.6 is 11.3 Å². The lowest BCUT2D eigenvalue weighted by Crippen LogP contribution is -2.54. The molecule has 3 aromatic heterocycles. The van der Waals surface area contributed by atoms with Crippen molar-refractivity contribution < 1.29 is 9.21 Å². The molecule has 1 fully saturated rings. The highest BCUT2D eigenvalue weighted by atomic mass is 32.1. The van der Waals surface area contributed by atoms with E-state index >= 15 is 0 Å². The lowest BCUT2D eigenvalue weighted by Gasteiger charge is -2.41. The molecule has 0 bridgehead atoms. The number of nitrogens with zero attached hydrogens (tertiary/aromatic N) is 4. The Morgan fingerprint density at radius 2 is 2.26 bits per heavy atom. The summed E-state index contributed by atoms with van der Waals surface area (Å²) in [6.07, 6.45) is 8.46. The minimum Gasteiger partial charge on any atom is -0.467 e. The van der Waals surface area contributed by atoms with Gasteiger partial charge in [0, 0.05) is 36.9 Å². The quantitative estimate of drug-likeness (QED) is 0.706. The standard InChI is InChI=1S/C19H23N5O2S/c1-15-17(27-14-22-15)12-23-7-4-19(5-8-23,24-9-6-20-13-24)18(25)21-11-16-3-2-10-26-16/h2-3,6,9-10,13-14H,4-5,7-8,11-12H2,1H3,(H,21,25). The van der Waals surface area contributed by atoms with Crippen LogP contribution in [0.1, 0.15) is 29.2 Å². The summed E-state index contributed by atoms with van der Waals surface area (Å²) in [7, 11) is 0. The Hall–Kier alpha value is -2.45. The first kappa shape index (κ1) is 17.9. The molecule has 0 aromatic carbocycles. The Kier molecular flexibility index (Phi) is 5.09. The van der Waals surface area contributed by atoms with Gasteiger partial charge in [0.1, 0.15) is 11.3 Å². The van der Waals surface area contributed by atoms with Crippen molar-refractivity contribution in [1.29, 1.82) is 0 Å². The van der Waals surface area contributed by atoms with E-state index in [-0.39, 0.29) is 5.91 Å². The molecule has 1 aliphatic heterocycles. The molecule has 142 valence electrons. The molecule has 0 radical (unpaired) electrons. The van der Waals surface area contributed by atoms with Crippen molar-refractivity contribution in [3.05, 3.63) is 59.0 Å². The topological polar surface area (TPSA) is 76.2 Å². The smallest absolute Gasteiger partial charge is 0.246 e. The van der Waals surface area contributed by atoms with Gasteiger partial charge in [-0.25, -0.2) is 9.97 Å². The van der Waals surface area contributed by atoms with E-state index in [4.69, 9.17) is 4.42 Å². The molecule has 0 saturated carbocycles. The monoisotopic (exact) mass is 385 g/mol. The van der Waals surface area contributed by atoms with E-state index in [1.807, 2.05) is 35.3 Å². The van der Waals surface area contributed by atoms with Crippen LogP contribution in [0.4, 0.5) is 0 Å². The predicted octanol–water partition coefficient (Wildman–Crippen LogP) is 2.55. The molecule has 3 aromatic rings. The zero-order chi connectivity index (χ0) is 18.7. The molecular formula is C19H23N5O2S. The summed E-state index contributed by atoms with van der Waals surface area (Å²) in [6.45, 7) is 5.04. The third-order valence-corrected chi connectivity index (χ3v) is 6.24. The number of aryl methyl sites for hydroxylation is 1. The number of carbonyl (C=O) groups is 1. The zero-order valence-electron chi connectivity index (χ0n) is 15.3. The number of amides is 1. The number of rotatable bonds is 6. The SMILES string of the molecule is Cc1ncsc1CN1CCC(C(=O)NCc2ccco2)(n2ccnc2)CC1. The van der Waals surface area contributed by atoms with Gasteiger partial charge in [0.05, 0.1) is 30.3 Å². The van der Waals surface area contributed by atoms with E-state index in [0.29, 0.717) is 6.54 Å². The van der Waals surface area contributed by atoms with Crippen molar-refractivity contribution in [2.75, 3.05) is 13.1 Å². The molecule has 1 N–H and O–H groups in total. The number of furan rings is 1. The van der Waals surface area contributed by atoms with Gasteiger partial charge in [0.15, 0.2) is 0 Å². The van der Waals surface area contributed by atoms with E-state index in [2.05, 4.69) is 20.2 Å². The average molecular weight is 385 g/mol. The van der Waals surface area contributed by atoms with Crippen LogP contribution in [-0.2, 0) is 23.4 Å². The molecule has 1 aliphatic rings. The molecule has 27 heavy (non-hydrogen) atoms.